The van der Waals surface area contributed by atoms with Crippen molar-refractivity contribution in [2.45, 2.75) is 64.1 Å². The summed E-state index contributed by atoms with van der Waals surface area (Å²) >= 11 is 12.6. The molecule has 7 rings (SSSR count). The number of piperidine rings is 1. The second-order valence-corrected chi connectivity index (χ2v) is 15.3. The fourth-order valence-corrected chi connectivity index (χ4v) is 8.01. The van der Waals surface area contributed by atoms with E-state index >= 15 is 0 Å². The number of methoxy groups -OCH3 is 1. The first-order valence-corrected chi connectivity index (χ1v) is 20.0. The van der Waals surface area contributed by atoms with Crippen LogP contribution in [-0.2, 0) is 29.1 Å². The Balaban J connectivity index is 1.00. The minimum atomic E-state index is -0.176. The fraction of sp³-hybridized carbons (Fsp3) is 0.395. The number of carbonyl (C=O) groups excluding carboxylic acids is 1. The highest BCUT2D eigenvalue weighted by Gasteiger charge is 2.40. The van der Waals surface area contributed by atoms with Gasteiger partial charge in [0, 0.05) is 38.4 Å². The van der Waals surface area contributed by atoms with Crippen LogP contribution in [0.2, 0.25) is 10.0 Å². The van der Waals surface area contributed by atoms with Crippen LogP contribution < -0.4 is 19.5 Å². The zero-order valence-electron chi connectivity index (χ0n) is 31.8. The lowest BCUT2D eigenvalue weighted by atomic mass is 9.80. The van der Waals surface area contributed by atoms with E-state index in [0.717, 1.165) is 78.0 Å². The molecule has 2 N–H and O–H groups in total. The van der Waals surface area contributed by atoms with Gasteiger partial charge in [-0.2, -0.15) is 5.21 Å². The molecule has 2 heterocycles. The molecule has 11 nitrogen and oxygen atoms in total. The highest BCUT2D eigenvalue weighted by molar-refractivity contribution is 6.37. The Kier molecular flexibility index (Phi) is 13.4. The van der Waals surface area contributed by atoms with E-state index in [-0.39, 0.29) is 23.8 Å². The van der Waals surface area contributed by atoms with Crippen molar-refractivity contribution in [3.63, 3.8) is 0 Å². The standard InChI is InChI=1S/C43H48Cl2N6O5/c1-28-20-39(44)41(40(45)21-28)55-19-18-54-35-13-9-32(10-14-35)37-15-16-46-25-38(37)43(52)51(34-11-12-34)26-31-22-30(4-3-17-53-2)23-36(24-31)56-27-29-5-7-33(8-6-29)42-47-49-50-48-42/h5-10,13-14,20-24,34,37-38,46H,3-4,11-12,15-19,25-27H2,1-2H3,(H,47,48,49,50). The number of aryl methyl sites for hydroxylation is 2. The van der Waals surface area contributed by atoms with Crippen LogP contribution in [0.4, 0.5) is 0 Å². The van der Waals surface area contributed by atoms with Crippen molar-refractivity contribution in [2.75, 3.05) is 40.0 Å². The van der Waals surface area contributed by atoms with Crippen LogP contribution >= 0.6 is 23.2 Å². The van der Waals surface area contributed by atoms with Gasteiger partial charge in [0.1, 0.15) is 31.3 Å². The molecule has 2 fully saturated rings. The van der Waals surface area contributed by atoms with Crippen LogP contribution in [0.25, 0.3) is 11.4 Å². The number of nitrogens with zero attached hydrogens (tertiary/aromatic N) is 4. The predicted molar refractivity (Wildman–Crippen MR) is 217 cm³/mol. The molecule has 4 aromatic carbocycles. The normalized spacial score (nSPS) is 16.7. The Bertz CT molecular complexity index is 2020. The Morgan fingerprint density at radius 1 is 0.839 bits per heavy atom. The summed E-state index contributed by atoms with van der Waals surface area (Å²) in [6, 6.07) is 26.4. The SMILES string of the molecule is COCCCc1cc(CN(C(=O)C2CNCCC2c2ccc(OCCOc3c(Cl)cc(C)cc3Cl)cc2)C2CC2)cc(OCc2ccc(-c3nn[nH]n3)cc2)c1. The summed E-state index contributed by atoms with van der Waals surface area (Å²) in [6.45, 7) is 5.69. The number of benzene rings is 4. The number of H-pyrrole nitrogens is 1. The Hall–Kier alpha value is -4.68. The summed E-state index contributed by atoms with van der Waals surface area (Å²) in [5.74, 6) is 2.65. The van der Waals surface area contributed by atoms with Gasteiger partial charge in [0.15, 0.2) is 5.75 Å². The van der Waals surface area contributed by atoms with Gasteiger partial charge in [-0.05, 0) is 121 Å². The molecule has 294 valence electrons. The van der Waals surface area contributed by atoms with Crippen LogP contribution in [0.1, 0.15) is 59.4 Å². The van der Waals surface area contributed by atoms with E-state index in [1.807, 2.05) is 55.5 Å². The van der Waals surface area contributed by atoms with E-state index in [1.165, 1.54) is 5.56 Å². The van der Waals surface area contributed by atoms with Crippen molar-refractivity contribution in [3.05, 3.63) is 117 Å². The van der Waals surface area contributed by atoms with Gasteiger partial charge in [0.05, 0.1) is 16.0 Å². The van der Waals surface area contributed by atoms with Crippen LogP contribution in [0, 0.1) is 12.8 Å². The number of halogens is 2. The molecule has 2 atom stereocenters. The van der Waals surface area contributed by atoms with Gasteiger partial charge in [-0.15, -0.1) is 10.2 Å². The van der Waals surface area contributed by atoms with E-state index < -0.39 is 0 Å². The Morgan fingerprint density at radius 3 is 2.30 bits per heavy atom. The summed E-state index contributed by atoms with van der Waals surface area (Å²) in [4.78, 5) is 16.7. The molecule has 1 aliphatic heterocycles. The van der Waals surface area contributed by atoms with Crippen molar-refractivity contribution in [3.8, 4) is 28.6 Å². The average molecular weight is 800 g/mol. The van der Waals surface area contributed by atoms with E-state index in [4.69, 9.17) is 42.1 Å². The maximum atomic E-state index is 14.6. The Morgan fingerprint density at radius 2 is 1.59 bits per heavy atom. The molecule has 0 spiro atoms. The molecule has 1 saturated heterocycles. The van der Waals surface area contributed by atoms with Gasteiger partial charge in [0.2, 0.25) is 11.7 Å². The van der Waals surface area contributed by atoms with Gasteiger partial charge in [-0.1, -0.05) is 65.7 Å². The molecule has 1 saturated carbocycles. The molecule has 5 aromatic rings. The molecule has 56 heavy (non-hydrogen) atoms. The second-order valence-electron chi connectivity index (χ2n) is 14.5. The fourth-order valence-electron chi connectivity index (χ4n) is 7.31. The third-order valence-electron chi connectivity index (χ3n) is 10.3. The molecule has 1 amide bonds. The smallest absolute Gasteiger partial charge is 0.228 e. The van der Waals surface area contributed by atoms with Crippen LogP contribution in [0.15, 0.2) is 78.9 Å². The summed E-state index contributed by atoms with van der Waals surface area (Å²) < 4.78 is 23.5. The van der Waals surface area contributed by atoms with E-state index in [0.29, 0.717) is 61.1 Å². The van der Waals surface area contributed by atoms with Crippen molar-refractivity contribution in [1.29, 1.82) is 0 Å². The van der Waals surface area contributed by atoms with E-state index in [1.54, 1.807) is 7.11 Å². The van der Waals surface area contributed by atoms with Gasteiger partial charge in [-0.25, -0.2) is 0 Å². The number of tetrazole rings is 1. The highest BCUT2D eigenvalue weighted by atomic mass is 35.5. The Labute approximate surface area is 338 Å². The maximum Gasteiger partial charge on any atom is 0.228 e. The molecular formula is C43H48Cl2N6O5. The van der Waals surface area contributed by atoms with Crippen molar-refractivity contribution in [1.82, 2.24) is 30.8 Å². The summed E-state index contributed by atoms with van der Waals surface area (Å²) in [6.07, 6.45) is 4.67. The average Bonchev–Trinajstić information content (AvgIpc) is 3.90. The van der Waals surface area contributed by atoms with Crippen molar-refractivity contribution >= 4 is 29.1 Å². The number of aromatic amines is 1. The zero-order valence-corrected chi connectivity index (χ0v) is 33.3. The topological polar surface area (TPSA) is 124 Å². The van der Waals surface area contributed by atoms with Gasteiger partial charge >= 0.3 is 0 Å². The van der Waals surface area contributed by atoms with Crippen molar-refractivity contribution < 1.29 is 23.7 Å². The molecule has 13 heteroatoms. The minimum absolute atomic E-state index is 0.0962. The number of hydrogen-bond donors (Lipinski definition) is 2. The largest absolute Gasteiger partial charge is 0.490 e. The summed E-state index contributed by atoms with van der Waals surface area (Å²) in [7, 11) is 1.72. The third-order valence-corrected chi connectivity index (χ3v) is 10.8. The van der Waals surface area contributed by atoms with Gasteiger partial charge < -0.3 is 29.2 Å². The van der Waals surface area contributed by atoms with Gasteiger partial charge in [-0.3, -0.25) is 4.79 Å². The van der Waals surface area contributed by atoms with E-state index in [2.05, 4.69) is 61.2 Å². The second kappa shape index (κ2) is 19.0. The summed E-state index contributed by atoms with van der Waals surface area (Å²) in [5, 5.41) is 18.7. The molecular weight excluding hydrogens is 751 g/mol. The lowest BCUT2D eigenvalue weighted by molar-refractivity contribution is -0.138. The molecule has 0 bridgehead atoms. The first-order chi connectivity index (χ1) is 27.3. The number of amides is 1. The number of aromatic nitrogens is 4. The minimum Gasteiger partial charge on any atom is -0.490 e. The van der Waals surface area contributed by atoms with Crippen LogP contribution in [-0.4, -0.2) is 77.5 Å². The monoisotopic (exact) mass is 798 g/mol. The van der Waals surface area contributed by atoms with Crippen LogP contribution in [0.3, 0.4) is 0 Å². The molecule has 2 aliphatic rings. The lowest BCUT2D eigenvalue weighted by Crippen LogP contribution is -2.47. The molecule has 1 aromatic heterocycles. The molecule has 2 unspecified atom stereocenters. The molecule has 0 radical (unpaired) electrons. The summed E-state index contributed by atoms with van der Waals surface area (Å²) in [5.41, 5.74) is 6.25. The van der Waals surface area contributed by atoms with Gasteiger partial charge in [0.25, 0.3) is 0 Å². The number of carbonyl (C=O) groups is 1. The number of ether oxygens (including phenoxy) is 4. The quantitative estimate of drug-likeness (QED) is 0.0850. The first kappa shape index (κ1) is 39.6. The third kappa shape index (κ3) is 10.4. The highest BCUT2D eigenvalue weighted by Crippen LogP contribution is 2.38. The number of nitrogens with one attached hydrogen (secondary N) is 2. The predicted octanol–water partition coefficient (Wildman–Crippen LogP) is 7.98. The lowest BCUT2D eigenvalue weighted by Gasteiger charge is -2.36. The van der Waals surface area contributed by atoms with Crippen molar-refractivity contribution in [2.24, 2.45) is 5.92 Å². The van der Waals surface area contributed by atoms with Crippen LogP contribution in [0.5, 0.6) is 17.2 Å². The van der Waals surface area contributed by atoms with E-state index in [9.17, 15) is 4.79 Å². The number of rotatable bonds is 18. The first-order valence-electron chi connectivity index (χ1n) is 19.2. The zero-order chi connectivity index (χ0) is 38.9. The molecule has 1 aliphatic carbocycles. The number of hydrogen-bond acceptors (Lipinski definition) is 9. The maximum absolute atomic E-state index is 14.6.